The first-order valence-electron chi connectivity index (χ1n) is 7.32. The molecule has 4 nitrogen and oxygen atoms in total. The zero-order chi connectivity index (χ0) is 17.5. The highest BCUT2D eigenvalue weighted by atomic mass is 32.2. The molecule has 7 heteroatoms. The molecule has 1 atom stereocenters. The molecule has 0 N–H and O–H groups in total. The van der Waals surface area contributed by atoms with E-state index in [1.54, 1.807) is 18.2 Å². The first-order chi connectivity index (χ1) is 10.5. The average Bonchev–Trinajstić information content (AvgIpc) is 2.73. The van der Waals surface area contributed by atoms with Crippen LogP contribution < -0.4 is 0 Å². The maximum atomic E-state index is 13.4. The maximum Gasteiger partial charge on any atom is 0.188 e. The molecule has 0 radical (unpaired) electrons. The first kappa shape index (κ1) is 18.2. The van der Waals surface area contributed by atoms with Crippen molar-refractivity contribution in [2.75, 3.05) is 5.75 Å². The molecule has 23 heavy (non-hydrogen) atoms. The van der Waals surface area contributed by atoms with Crippen LogP contribution in [0.25, 0.3) is 0 Å². The van der Waals surface area contributed by atoms with E-state index in [4.69, 9.17) is 0 Å². The van der Waals surface area contributed by atoms with Gasteiger partial charge in [-0.05, 0) is 23.7 Å². The molecule has 1 aliphatic heterocycles. The Hall–Kier alpha value is -1.18. The average molecular weight is 371 g/mol. The van der Waals surface area contributed by atoms with Crippen molar-refractivity contribution in [2.45, 2.75) is 35.7 Å². The third kappa shape index (κ3) is 3.09. The summed E-state index contributed by atoms with van der Waals surface area (Å²) < 4.78 is 49.9. The molecular formula is C16H22O4S2Si. The largest absolute Gasteiger partial charge is 0.224 e. The minimum atomic E-state index is -3.85. The van der Waals surface area contributed by atoms with Gasteiger partial charge in [0.25, 0.3) is 0 Å². The predicted octanol–water partition coefficient (Wildman–Crippen LogP) is 2.96. The van der Waals surface area contributed by atoms with Gasteiger partial charge in [-0.1, -0.05) is 43.9 Å². The van der Waals surface area contributed by atoms with E-state index < -0.39 is 38.2 Å². The second-order valence-corrected chi connectivity index (χ2v) is 16.0. The number of benzene rings is 1. The monoisotopic (exact) mass is 370 g/mol. The minimum absolute atomic E-state index is 0.0968. The van der Waals surface area contributed by atoms with Gasteiger partial charge in [0.1, 0.15) is 4.75 Å². The molecule has 0 spiro atoms. The Morgan fingerprint density at radius 2 is 1.78 bits per heavy atom. The van der Waals surface area contributed by atoms with Crippen molar-refractivity contribution in [1.29, 1.82) is 0 Å². The maximum absolute atomic E-state index is 13.4. The number of rotatable bonds is 5. The fraction of sp³-hybridized carbons (Fsp3) is 0.375. The van der Waals surface area contributed by atoms with Crippen LogP contribution in [0, 0.1) is 0 Å². The standard InChI is InChI=1S/C16H22O4S2Si/c1-5-11-16(22(19,20)14-9-7-6-8-10-14)13-21(17,18)12-15(16)23(2,3)4/h5-10,12H,1,11,13H2,2-4H3. The highest BCUT2D eigenvalue weighted by molar-refractivity contribution is 7.98. The van der Waals surface area contributed by atoms with E-state index >= 15 is 0 Å². The second kappa shape index (κ2) is 5.72. The lowest BCUT2D eigenvalue weighted by atomic mass is 10.1. The normalized spacial score (nSPS) is 24.2. The fourth-order valence-corrected chi connectivity index (χ4v) is 12.5. The van der Waals surface area contributed by atoms with E-state index in [1.165, 1.54) is 23.6 Å². The van der Waals surface area contributed by atoms with Gasteiger partial charge < -0.3 is 0 Å². The van der Waals surface area contributed by atoms with Gasteiger partial charge >= 0.3 is 0 Å². The molecule has 1 aliphatic rings. The minimum Gasteiger partial charge on any atom is -0.224 e. The van der Waals surface area contributed by atoms with E-state index in [-0.39, 0.29) is 11.3 Å². The fourth-order valence-electron chi connectivity index (χ4n) is 3.15. The van der Waals surface area contributed by atoms with Crippen LogP contribution in [-0.4, -0.2) is 35.4 Å². The summed E-state index contributed by atoms with van der Waals surface area (Å²) in [7, 11) is -9.58. The molecule has 2 rings (SSSR count). The molecule has 0 bridgehead atoms. The number of allylic oxidation sites excluding steroid dienone is 1. The van der Waals surface area contributed by atoms with Crippen LogP contribution in [-0.2, 0) is 19.7 Å². The lowest BCUT2D eigenvalue weighted by Gasteiger charge is -2.35. The van der Waals surface area contributed by atoms with Crippen molar-refractivity contribution in [3.63, 3.8) is 0 Å². The van der Waals surface area contributed by atoms with E-state index in [1.807, 2.05) is 19.6 Å². The Labute approximate surface area is 139 Å². The van der Waals surface area contributed by atoms with Crippen molar-refractivity contribution in [1.82, 2.24) is 0 Å². The number of hydrogen-bond acceptors (Lipinski definition) is 4. The van der Waals surface area contributed by atoms with Crippen LogP contribution >= 0.6 is 0 Å². The summed E-state index contributed by atoms with van der Waals surface area (Å²) in [5, 5.41) is 1.78. The third-order valence-corrected chi connectivity index (χ3v) is 10.8. The molecule has 1 aromatic carbocycles. The van der Waals surface area contributed by atoms with Crippen molar-refractivity contribution in [3.8, 4) is 0 Å². The Morgan fingerprint density at radius 3 is 2.26 bits per heavy atom. The number of hydrogen-bond donors (Lipinski definition) is 0. The molecule has 0 aliphatic carbocycles. The molecule has 1 unspecified atom stereocenters. The highest BCUT2D eigenvalue weighted by Gasteiger charge is 2.56. The van der Waals surface area contributed by atoms with Gasteiger partial charge in [-0.2, -0.15) is 0 Å². The molecule has 1 aromatic rings. The van der Waals surface area contributed by atoms with Gasteiger partial charge in [0.15, 0.2) is 19.7 Å². The van der Waals surface area contributed by atoms with E-state index in [9.17, 15) is 16.8 Å². The summed E-state index contributed by atoms with van der Waals surface area (Å²) in [6.45, 7) is 9.58. The van der Waals surface area contributed by atoms with Crippen molar-refractivity contribution < 1.29 is 16.8 Å². The second-order valence-electron chi connectivity index (χ2n) is 6.89. The van der Waals surface area contributed by atoms with Gasteiger partial charge in [0.05, 0.1) is 18.7 Å². The van der Waals surface area contributed by atoms with Gasteiger partial charge in [-0.25, -0.2) is 16.8 Å². The zero-order valence-corrected chi connectivity index (χ0v) is 16.2. The zero-order valence-electron chi connectivity index (χ0n) is 13.6. The van der Waals surface area contributed by atoms with E-state index in [0.717, 1.165) is 0 Å². The Balaban J connectivity index is 2.80. The van der Waals surface area contributed by atoms with E-state index in [0.29, 0.717) is 5.20 Å². The van der Waals surface area contributed by atoms with Crippen molar-refractivity contribution >= 4 is 27.7 Å². The topological polar surface area (TPSA) is 68.3 Å². The summed E-state index contributed by atoms with van der Waals surface area (Å²) in [5.41, 5.74) is 0. The lowest BCUT2D eigenvalue weighted by molar-refractivity contribution is 0.557. The molecule has 0 fully saturated rings. The smallest absolute Gasteiger partial charge is 0.188 e. The summed E-state index contributed by atoms with van der Waals surface area (Å²) in [4.78, 5) is 0.156. The van der Waals surface area contributed by atoms with Gasteiger partial charge in [-0.15, -0.1) is 6.58 Å². The molecule has 0 saturated carbocycles. The Bertz CT molecular complexity index is 847. The van der Waals surface area contributed by atoms with Gasteiger partial charge in [0.2, 0.25) is 0 Å². The predicted molar refractivity (Wildman–Crippen MR) is 96.4 cm³/mol. The Morgan fingerprint density at radius 1 is 1.22 bits per heavy atom. The molecule has 126 valence electrons. The van der Waals surface area contributed by atoms with Crippen LogP contribution in [0.2, 0.25) is 19.6 Å². The molecule has 0 aromatic heterocycles. The third-order valence-electron chi connectivity index (χ3n) is 4.07. The van der Waals surface area contributed by atoms with Crippen molar-refractivity contribution in [2.24, 2.45) is 0 Å². The summed E-state index contributed by atoms with van der Waals surface area (Å²) >= 11 is 0. The quantitative estimate of drug-likeness (QED) is 0.590. The van der Waals surface area contributed by atoms with Gasteiger partial charge in [-0.3, -0.25) is 0 Å². The molecule has 0 amide bonds. The number of sulfone groups is 2. The highest BCUT2D eigenvalue weighted by Crippen LogP contribution is 2.45. The van der Waals surface area contributed by atoms with Crippen molar-refractivity contribution in [3.05, 3.63) is 53.6 Å². The van der Waals surface area contributed by atoms with Crippen LogP contribution in [0.5, 0.6) is 0 Å². The van der Waals surface area contributed by atoms with Crippen LogP contribution in [0.15, 0.2) is 58.5 Å². The molecular weight excluding hydrogens is 348 g/mol. The Kier molecular flexibility index (Phi) is 4.51. The van der Waals surface area contributed by atoms with Gasteiger partial charge in [0, 0.05) is 5.41 Å². The summed E-state index contributed by atoms with van der Waals surface area (Å²) in [5.74, 6) is -0.400. The first-order valence-corrected chi connectivity index (χ1v) is 14.0. The molecule has 0 saturated heterocycles. The van der Waals surface area contributed by atoms with E-state index in [2.05, 4.69) is 6.58 Å². The molecule has 1 heterocycles. The van der Waals surface area contributed by atoms with Crippen LogP contribution in [0.1, 0.15) is 6.42 Å². The van der Waals surface area contributed by atoms with Crippen LogP contribution in [0.4, 0.5) is 0 Å². The summed E-state index contributed by atoms with van der Waals surface area (Å²) in [6, 6.07) is 8.07. The lowest BCUT2D eigenvalue weighted by Crippen LogP contribution is -2.49. The SMILES string of the molecule is C=CCC1(S(=O)(=O)c2ccccc2)CS(=O)(=O)C=C1[Si](C)(C)C. The van der Waals surface area contributed by atoms with Crippen LogP contribution in [0.3, 0.4) is 0 Å². The summed E-state index contributed by atoms with van der Waals surface area (Å²) in [6.07, 6.45) is 1.61.